The Morgan fingerprint density at radius 2 is 1.70 bits per heavy atom. The first kappa shape index (κ1) is 20.9. The van der Waals surface area contributed by atoms with E-state index in [0.29, 0.717) is 17.1 Å². The quantitative estimate of drug-likeness (QED) is 0.530. The Labute approximate surface area is 175 Å². The Morgan fingerprint density at radius 3 is 2.40 bits per heavy atom. The minimum absolute atomic E-state index is 0.0227. The second-order valence-corrected chi connectivity index (χ2v) is 6.80. The molecule has 0 spiro atoms. The monoisotopic (exact) mass is 404 g/mol. The maximum atomic E-state index is 12.6. The largest absolute Gasteiger partial charge is 0.457 e. The van der Waals surface area contributed by atoms with Crippen molar-refractivity contribution in [3.8, 4) is 11.5 Å². The van der Waals surface area contributed by atoms with Crippen LogP contribution in [0.25, 0.3) is 0 Å². The van der Waals surface area contributed by atoms with Crippen LogP contribution in [0.15, 0.2) is 79.0 Å². The highest BCUT2D eigenvalue weighted by Gasteiger charge is 2.20. The zero-order valence-corrected chi connectivity index (χ0v) is 16.6. The number of nitrogens with one attached hydrogen (secondary N) is 2. The van der Waals surface area contributed by atoms with Crippen molar-refractivity contribution in [2.24, 2.45) is 5.73 Å². The minimum atomic E-state index is -0.708. The number of para-hydroxylation sites is 1. The third-order valence-corrected chi connectivity index (χ3v) is 4.45. The number of benzene rings is 2. The molecule has 2 atom stereocenters. The van der Waals surface area contributed by atoms with Crippen LogP contribution < -0.4 is 21.1 Å². The number of carbonyl (C=O) groups is 2. The lowest BCUT2D eigenvalue weighted by Gasteiger charge is -2.20. The molecule has 3 amide bonds. The molecule has 3 aromatic rings. The number of pyridine rings is 1. The molecule has 3 rings (SSSR count). The number of ether oxygens (including phenoxy) is 1. The molecule has 0 saturated heterocycles. The third-order valence-electron chi connectivity index (χ3n) is 4.45. The number of hydrogen-bond acceptors (Lipinski definition) is 4. The molecule has 1 heterocycles. The number of aromatic nitrogens is 1. The van der Waals surface area contributed by atoms with Crippen molar-refractivity contribution in [3.05, 3.63) is 90.3 Å². The van der Waals surface area contributed by atoms with Gasteiger partial charge in [0.05, 0.1) is 24.2 Å². The van der Waals surface area contributed by atoms with Crippen LogP contribution in [0, 0.1) is 0 Å². The molecule has 7 heteroatoms. The first-order valence-electron chi connectivity index (χ1n) is 9.60. The molecule has 0 radical (unpaired) electrons. The number of nitrogens with zero attached hydrogens (tertiary/aromatic N) is 1. The fourth-order valence-electron chi connectivity index (χ4n) is 3.04. The van der Waals surface area contributed by atoms with E-state index in [4.69, 9.17) is 10.5 Å². The molecule has 1 aromatic heterocycles. The van der Waals surface area contributed by atoms with Gasteiger partial charge in [-0.3, -0.25) is 9.78 Å². The lowest BCUT2D eigenvalue weighted by atomic mass is 10.0. The molecular weight excluding hydrogens is 380 g/mol. The van der Waals surface area contributed by atoms with Crippen molar-refractivity contribution in [2.75, 3.05) is 0 Å². The molecule has 0 aliphatic carbocycles. The van der Waals surface area contributed by atoms with Gasteiger partial charge >= 0.3 is 6.03 Å². The lowest BCUT2D eigenvalue weighted by molar-refractivity contribution is -0.122. The van der Waals surface area contributed by atoms with E-state index in [2.05, 4.69) is 15.6 Å². The standard InChI is InChI=1S/C23H24N4O3/c1-16(20-12-5-6-13-25-20)26-22(28)15-21(27-23(24)29)17-8-7-11-19(14-17)30-18-9-3-2-4-10-18/h2-14,16,21H,15H2,1H3,(H,26,28)(H3,24,27,29)/t16-,21-/m0/s1. The smallest absolute Gasteiger partial charge is 0.312 e. The zero-order valence-electron chi connectivity index (χ0n) is 16.6. The topological polar surface area (TPSA) is 106 Å². The van der Waals surface area contributed by atoms with Crippen molar-refractivity contribution in [1.29, 1.82) is 0 Å². The van der Waals surface area contributed by atoms with Gasteiger partial charge in [-0.1, -0.05) is 36.4 Å². The van der Waals surface area contributed by atoms with E-state index >= 15 is 0 Å². The second kappa shape index (κ2) is 10.1. The Hall–Kier alpha value is -3.87. The average molecular weight is 404 g/mol. The van der Waals surface area contributed by atoms with Crippen molar-refractivity contribution in [3.63, 3.8) is 0 Å². The summed E-state index contributed by atoms with van der Waals surface area (Å²) in [6.45, 7) is 1.85. The van der Waals surface area contributed by atoms with E-state index in [1.54, 1.807) is 24.4 Å². The van der Waals surface area contributed by atoms with E-state index < -0.39 is 12.1 Å². The average Bonchev–Trinajstić information content (AvgIpc) is 2.74. The first-order chi connectivity index (χ1) is 14.5. The molecule has 0 bridgehead atoms. The fraction of sp³-hybridized carbons (Fsp3) is 0.174. The number of urea groups is 1. The summed E-state index contributed by atoms with van der Waals surface area (Å²) in [5.74, 6) is 1.05. The number of rotatable bonds is 8. The van der Waals surface area contributed by atoms with Gasteiger partial charge in [0.1, 0.15) is 11.5 Å². The Bertz CT molecular complexity index is 980. The van der Waals surface area contributed by atoms with E-state index in [0.717, 1.165) is 5.69 Å². The van der Waals surface area contributed by atoms with Crippen molar-refractivity contribution in [1.82, 2.24) is 15.6 Å². The third kappa shape index (κ3) is 6.07. The molecule has 7 nitrogen and oxygen atoms in total. The zero-order chi connectivity index (χ0) is 21.3. The molecule has 4 N–H and O–H groups in total. The number of amides is 3. The van der Waals surface area contributed by atoms with Crippen LogP contribution in [0.1, 0.15) is 36.7 Å². The van der Waals surface area contributed by atoms with Gasteiger partial charge in [0.15, 0.2) is 0 Å². The van der Waals surface area contributed by atoms with Gasteiger partial charge in [0.25, 0.3) is 0 Å². The summed E-state index contributed by atoms with van der Waals surface area (Å²) in [6, 6.07) is 20.5. The highest BCUT2D eigenvalue weighted by atomic mass is 16.5. The molecule has 30 heavy (non-hydrogen) atoms. The van der Waals surface area contributed by atoms with E-state index in [9.17, 15) is 9.59 Å². The Balaban J connectivity index is 1.71. The summed E-state index contributed by atoms with van der Waals surface area (Å²) in [5, 5.41) is 5.54. The van der Waals surface area contributed by atoms with Crippen molar-refractivity contribution < 1.29 is 14.3 Å². The predicted molar refractivity (Wildman–Crippen MR) is 114 cm³/mol. The van der Waals surface area contributed by atoms with Crippen LogP contribution in [0.5, 0.6) is 11.5 Å². The van der Waals surface area contributed by atoms with Gasteiger partial charge in [0, 0.05) is 6.20 Å². The summed E-state index contributed by atoms with van der Waals surface area (Å²) in [4.78, 5) is 28.4. The van der Waals surface area contributed by atoms with E-state index in [1.807, 2.05) is 61.5 Å². The van der Waals surface area contributed by atoms with Gasteiger partial charge in [0.2, 0.25) is 5.91 Å². The molecule has 2 aromatic carbocycles. The van der Waals surface area contributed by atoms with Crippen LogP contribution in [0.3, 0.4) is 0 Å². The van der Waals surface area contributed by atoms with Crippen LogP contribution in [0.2, 0.25) is 0 Å². The first-order valence-corrected chi connectivity index (χ1v) is 9.60. The normalized spacial score (nSPS) is 12.4. The summed E-state index contributed by atoms with van der Waals surface area (Å²) in [6.07, 6.45) is 1.70. The summed E-state index contributed by atoms with van der Waals surface area (Å²) >= 11 is 0. The molecule has 154 valence electrons. The number of hydrogen-bond donors (Lipinski definition) is 3. The van der Waals surface area contributed by atoms with Gasteiger partial charge in [-0.2, -0.15) is 0 Å². The fourth-order valence-corrected chi connectivity index (χ4v) is 3.04. The van der Waals surface area contributed by atoms with Crippen LogP contribution in [-0.2, 0) is 4.79 Å². The summed E-state index contributed by atoms with van der Waals surface area (Å²) < 4.78 is 5.85. The number of primary amides is 1. The molecule has 0 aliphatic rings. The van der Waals surface area contributed by atoms with Gasteiger partial charge < -0.3 is 21.1 Å². The molecular formula is C23H24N4O3. The summed E-state index contributed by atoms with van der Waals surface area (Å²) in [5.41, 5.74) is 6.80. The Morgan fingerprint density at radius 1 is 0.967 bits per heavy atom. The predicted octanol–water partition coefficient (Wildman–Crippen LogP) is 3.85. The molecule has 0 aliphatic heterocycles. The lowest BCUT2D eigenvalue weighted by Crippen LogP contribution is -2.37. The van der Waals surface area contributed by atoms with Crippen LogP contribution >= 0.6 is 0 Å². The van der Waals surface area contributed by atoms with Crippen LogP contribution in [0.4, 0.5) is 4.79 Å². The van der Waals surface area contributed by atoms with Crippen molar-refractivity contribution in [2.45, 2.75) is 25.4 Å². The molecule has 0 unspecified atom stereocenters. The Kier molecular flexibility index (Phi) is 7.00. The highest BCUT2D eigenvalue weighted by molar-refractivity contribution is 5.79. The second-order valence-electron chi connectivity index (χ2n) is 6.80. The SMILES string of the molecule is C[C@H](NC(=O)C[C@H](NC(N)=O)c1cccc(Oc2ccccc2)c1)c1ccccn1. The maximum Gasteiger partial charge on any atom is 0.312 e. The van der Waals surface area contributed by atoms with Gasteiger partial charge in [-0.15, -0.1) is 0 Å². The minimum Gasteiger partial charge on any atom is -0.457 e. The number of nitrogens with two attached hydrogens (primary N) is 1. The van der Waals surface area contributed by atoms with Crippen LogP contribution in [-0.4, -0.2) is 16.9 Å². The highest BCUT2D eigenvalue weighted by Crippen LogP contribution is 2.26. The van der Waals surface area contributed by atoms with Gasteiger partial charge in [-0.25, -0.2) is 4.79 Å². The summed E-state index contributed by atoms with van der Waals surface area (Å²) in [7, 11) is 0. The maximum absolute atomic E-state index is 12.6. The van der Waals surface area contributed by atoms with E-state index in [-0.39, 0.29) is 18.4 Å². The number of carbonyl (C=O) groups excluding carboxylic acids is 2. The van der Waals surface area contributed by atoms with Gasteiger partial charge in [-0.05, 0) is 48.9 Å². The van der Waals surface area contributed by atoms with E-state index in [1.165, 1.54) is 0 Å². The molecule has 0 fully saturated rings. The molecule has 0 saturated carbocycles. The van der Waals surface area contributed by atoms with Crippen molar-refractivity contribution >= 4 is 11.9 Å².